The molecule has 2 aromatic carbocycles. The number of rotatable bonds is 2. The number of para-hydroxylation sites is 1. The van der Waals surface area contributed by atoms with Gasteiger partial charge in [-0.15, -0.1) is 0 Å². The van der Waals surface area contributed by atoms with Crippen molar-refractivity contribution >= 4 is 28.3 Å². The summed E-state index contributed by atoms with van der Waals surface area (Å²) in [5, 5.41) is 0.629. The van der Waals surface area contributed by atoms with Crippen LogP contribution in [0.25, 0.3) is 22.4 Å². The van der Waals surface area contributed by atoms with E-state index in [2.05, 4.69) is 9.97 Å². The molecule has 3 rings (SSSR count). The van der Waals surface area contributed by atoms with E-state index in [4.69, 9.17) is 22.1 Å². The van der Waals surface area contributed by atoms with Crippen LogP contribution in [0.4, 0.5) is 5.69 Å². The molecule has 3 N–H and O–H groups in total. The summed E-state index contributed by atoms with van der Waals surface area (Å²) in [6.45, 7) is 0. The van der Waals surface area contributed by atoms with Gasteiger partial charge < -0.3 is 15.5 Å². The quantitative estimate of drug-likeness (QED) is 0.703. The largest absolute Gasteiger partial charge is 0.496 e. The molecule has 4 nitrogen and oxygen atoms in total. The third kappa shape index (κ3) is 2.00. The summed E-state index contributed by atoms with van der Waals surface area (Å²) >= 11 is 6.03. The van der Waals surface area contributed by atoms with Gasteiger partial charge in [0.2, 0.25) is 0 Å². The number of nitrogens with two attached hydrogens (primary N) is 1. The van der Waals surface area contributed by atoms with Crippen LogP contribution >= 0.6 is 11.6 Å². The van der Waals surface area contributed by atoms with Crippen molar-refractivity contribution in [1.82, 2.24) is 9.97 Å². The van der Waals surface area contributed by atoms with Crippen molar-refractivity contribution < 1.29 is 4.74 Å². The molecule has 0 radical (unpaired) electrons. The highest BCUT2D eigenvalue weighted by Crippen LogP contribution is 2.32. The van der Waals surface area contributed by atoms with Gasteiger partial charge in [-0.05, 0) is 30.3 Å². The Bertz CT molecular complexity index is 752. The number of H-pyrrole nitrogens is 1. The van der Waals surface area contributed by atoms with E-state index in [0.29, 0.717) is 22.3 Å². The number of hydrogen-bond acceptors (Lipinski definition) is 3. The fraction of sp³-hybridized carbons (Fsp3) is 0.0714. The van der Waals surface area contributed by atoms with Crippen molar-refractivity contribution in [3.63, 3.8) is 0 Å². The molecular weight excluding hydrogens is 262 g/mol. The second-order valence-corrected chi connectivity index (χ2v) is 4.61. The minimum atomic E-state index is 0.629. The number of benzene rings is 2. The number of nitrogen functional groups attached to an aromatic ring is 1. The van der Waals surface area contributed by atoms with Gasteiger partial charge in [0.15, 0.2) is 0 Å². The van der Waals surface area contributed by atoms with Gasteiger partial charge in [-0.1, -0.05) is 17.7 Å². The van der Waals surface area contributed by atoms with Crippen LogP contribution in [-0.2, 0) is 0 Å². The summed E-state index contributed by atoms with van der Waals surface area (Å²) in [6.07, 6.45) is 0. The number of fused-ring (bicyclic) bond motifs is 1. The van der Waals surface area contributed by atoms with Crippen molar-refractivity contribution in [2.45, 2.75) is 0 Å². The van der Waals surface area contributed by atoms with Crippen molar-refractivity contribution in [2.24, 2.45) is 0 Å². The molecule has 19 heavy (non-hydrogen) atoms. The third-order valence-electron chi connectivity index (χ3n) is 2.96. The van der Waals surface area contributed by atoms with E-state index in [9.17, 15) is 0 Å². The lowest BCUT2D eigenvalue weighted by Crippen LogP contribution is -1.89. The Hall–Kier alpha value is -2.20. The molecule has 0 saturated carbocycles. The molecule has 0 spiro atoms. The average molecular weight is 274 g/mol. The number of ether oxygens (including phenoxy) is 1. The smallest absolute Gasteiger partial charge is 0.142 e. The normalized spacial score (nSPS) is 10.8. The second kappa shape index (κ2) is 4.48. The van der Waals surface area contributed by atoms with E-state index >= 15 is 0 Å². The molecular formula is C14H12ClN3O. The lowest BCUT2D eigenvalue weighted by Gasteiger charge is -2.06. The monoisotopic (exact) mass is 273 g/mol. The molecule has 1 heterocycles. The Kier molecular flexibility index (Phi) is 2.80. The molecule has 0 atom stereocenters. The molecule has 96 valence electrons. The van der Waals surface area contributed by atoms with Gasteiger partial charge in [-0.25, -0.2) is 4.98 Å². The second-order valence-electron chi connectivity index (χ2n) is 4.17. The van der Waals surface area contributed by atoms with Crippen LogP contribution in [0, 0.1) is 0 Å². The zero-order chi connectivity index (χ0) is 13.4. The number of nitrogens with zero attached hydrogens (tertiary/aromatic N) is 1. The number of aromatic amines is 1. The lowest BCUT2D eigenvalue weighted by molar-refractivity contribution is 0.416. The van der Waals surface area contributed by atoms with Gasteiger partial charge in [0.1, 0.15) is 17.1 Å². The van der Waals surface area contributed by atoms with E-state index in [1.807, 2.05) is 30.3 Å². The topological polar surface area (TPSA) is 63.9 Å². The van der Waals surface area contributed by atoms with Crippen molar-refractivity contribution in [3.8, 4) is 17.1 Å². The Balaban J connectivity index is 2.24. The maximum Gasteiger partial charge on any atom is 0.142 e. The molecule has 0 fully saturated rings. The van der Waals surface area contributed by atoms with Crippen molar-refractivity contribution in [2.75, 3.05) is 12.8 Å². The van der Waals surface area contributed by atoms with Crippen LogP contribution in [0.2, 0.25) is 5.02 Å². The maximum atomic E-state index is 6.03. The van der Waals surface area contributed by atoms with E-state index in [-0.39, 0.29) is 0 Å². The summed E-state index contributed by atoms with van der Waals surface area (Å²) in [4.78, 5) is 7.74. The van der Waals surface area contributed by atoms with Crippen molar-refractivity contribution in [1.29, 1.82) is 0 Å². The molecule has 0 aliphatic heterocycles. The van der Waals surface area contributed by atoms with Gasteiger partial charge in [0, 0.05) is 5.02 Å². The summed E-state index contributed by atoms with van der Waals surface area (Å²) in [5.41, 5.74) is 8.99. The first-order chi connectivity index (χ1) is 9.19. The first kappa shape index (κ1) is 11.9. The molecule has 0 saturated heterocycles. The fourth-order valence-electron chi connectivity index (χ4n) is 2.05. The van der Waals surface area contributed by atoms with Gasteiger partial charge in [0.25, 0.3) is 0 Å². The minimum Gasteiger partial charge on any atom is -0.496 e. The highest BCUT2D eigenvalue weighted by Gasteiger charge is 2.12. The Morgan fingerprint density at radius 2 is 2.11 bits per heavy atom. The Morgan fingerprint density at radius 3 is 2.84 bits per heavy atom. The zero-order valence-electron chi connectivity index (χ0n) is 10.3. The number of halogens is 1. The SMILES string of the molecule is COc1ccc(Cl)cc1-c1nc2c(N)cccc2[nH]1. The van der Waals surface area contributed by atoms with Crippen LogP contribution in [0.5, 0.6) is 5.75 Å². The van der Waals surface area contributed by atoms with E-state index < -0.39 is 0 Å². The van der Waals surface area contributed by atoms with Crippen molar-refractivity contribution in [3.05, 3.63) is 41.4 Å². The molecule has 0 unspecified atom stereocenters. The Labute approximate surface area is 115 Å². The van der Waals surface area contributed by atoms with Crippen LogP contribution in [0.1, 0.15) is 0 Å². The number of imidazole rings is 1. The van der Waals surface area contributed by atoms with E-state index in [1.165, 1.54) is 0 Å². The molecule has 0 aliphatic rings. The first-order valence-electron chi connectivity index (χ1n) is 5.77. The molecule has 5 heteroatoms. The average Bonchev–Trinajstić information content (AvgIpc) is 2.84. The summed E-state index contributed by atoms with van der Waals surface area (Å²) < 4.78 is 5.33. The first-order valence-corrected chi connectivity index (χ1v) is 6.15. The molecule has 3 aromatic rings. The maximum absolute atomic E-state index is 6.03. The fourth-order valence-corrected chi connectivity index (χ4v) is 2.22. The van der Waals surface area contributed by atoms with Gasteiger partial charge in [0.05, 0.1) is 23.9 Å². The Morgan fingerprint density at radius 1 is 1.26 bits per heavy atom. The summed E-state index contributed by atoms with van der Waals surface area (Å²) in [7, 11) is 1.61. The molecule has 0 bridgehead atoms. The zero-order valence-corrected chi connectivity index (χ0v) is 11.0. The molecule has 1 aromatic heterocycles. The number of methoxy groups -OCH3 is 1. The van der Waals surface area contributed by atoms with Crippen LogP contribution in [0.3, 0.4) is 0 Å². The molecule has 0 amide bonds. The highest BCUT2D eigenvalue weighted by molar-refractivity contribution is 6.31. The van der Waals surface area contributed by atoms with Crippen LogP contribution in [0.15, 0.2) is 36.4 Å². The van der Waals surface area contributed by atoms with Gasteiger partial charge in [-0.2, -0.15) is 0 Å². The van der Waals surface area contributed by atoms with Gasteiger partial charge in [-0.3, -0.25) is 0 Å². The highest BCUT2D eigenvalue weighted by atomic mass is 35.5. The van der Waals surface area contributed by atoms with Crippen LogP contribution < -0.4 is 10.5 Å². The predicted octanol–water partition coefficient (Wildman–Crippen LogP) is 3.47. The number of nitrogens with one attached hydrogen (secondary N) is 1. The molecule has 0 aliphatic carbocycles. The predicted molar refractivity (Wildman–Crippen MR) is 77.5 cm³/mol. The summed E-state index contributed by atoms with van der Waals surface area (Å²) in [5.74, 6) is 1.40. The number of hydrogen-bond donors (Lipinski definition) is 2. The van der Waals surface area contributed by atoms with E-state index in [0.717, 1.165) is 16.6 Å². The van der Waals surface area contributed by atoms with E-state index in [1.54, 1.807) is 13.2 Å². The standard InChI is InChI=1S/C14H12ClN3O/c1-19-12-6-5-8(15)7-9(12)14-17-11-4-2-3-10(16)13(11)18-14/h2-7H,16H2,1H3,(H,17,18). The number of aromatic nitrogens is 2. The number of anilines is 1. The minimum absolute atomic E-state index is 0.629. The lowest BCUT2D eigenvalue weighted by atomic mass is 10.2. The third-order valence-corrected chi connectivity index (χ3v) is 3.20. The van der Waals surface area contributed by atoms with Crippen LogP contribution in [-0.4, -0.2) is 17.1 Å². The van der Waals surface area contributed by atoms with Gasteiger partial charge >= 0.3 is 0 Å². The summed E-state index contributed by atoms with van der Waals surface area (Å²) in [6, 6.07) is 11.0.